The van der Waals surface area contributed by atoms with E-state index < -0.39 is 0 Å². The van der Waals surface area contributed by atoms with E-state index in [9.17, 15) is 0 Å². The minimum Gasteiger partial charge on any atom is -0.321 e. The zero-order valence-corrected chi connectivity index (χ0v) is 10.1. The monoisotopic (exact) mass is 241 g/mol. The van der Waals surface area contributed by atoms with Crippen LogP contribution in [0.3, 0.4) is 0 Å². The predicted octanol–water partition coefficient (Wildman–Crippen LogP) is 1.14. The Morgan fingerprint density at radius 2 is 2.11 bits per heavy atom. The fourth-order valence-corrected chi connectivity index (χ4v) is 1.71. The molecule has 5 nitrogen and oxygen atoms in total. The summed E-state index contributed by atoms with van der Waals surface area (Å²) in [7, 11) is 0. The highest BCUT2D eigenvalue weighted by Crippen LogP contribution is 2.19. The van der Waals surface area contributed by atoms with Crippen molar-refractivity contribution >= 4 is 5.84 Å². The number of benzene rings is 1. The van der Waals surface area contributed by atoms with Gasteiger partial charge < -0.3 is 11.3 Å². The molecule has 2 aromatic rings. The molecule has 0 amide bonds. The number of nitrogens with one attached hydrogen (secondary N) is 1. The number of nitrogens with two attached hydrogens (primary N) is 2. The maximum atomic E-state index is 5.35. The SMILES string of the molecule is Cc1ccnc(-c2cccc(/C(=N/N)NN)c2)c1. The Morgan fingerprint density at radius 1 is 1.28 bits per heavy atom. The normalized spacial score (nSPS) is 11.3. The average Bonchev–Trinajstić information content (AvgIpc) is 2.41. The lowest BCUT2D eigenvalue weighted by Gasteiger charge is -2.07. The number of pyridine rings is 1. The number of aryl methyl sites for hydroxylation is 1. The Kier molecular flexibility index (Phi) is 3.54. The molecule has 1 heterocycles. The van der Waals surface area contributed by atoms with Crippen molar-refractivity contribution in [1.82, 2.24) is 10.4 Å². The molecule has 0 spiro atoms. The minimum absolute atomic E-state index is 0.435. The van der Waals surface area contributed by atoms with Crippen molar-refractivity contribution in [1.29, 1.82) is 0 Å². The number of hydrogen-bond acceptors (Lipinski definition) is 4. The third-order valence-electron chi connectivity index (χ3n) is 2.61. The molecule has 0 aliphatic rings. The highest BCUT2D eigenvalue weighted by Gasteiger charge is 2.04. The first-order chi connectivity index (χ1) is 8.74. The van der Waals surface area contributed by atoms with Crippen LogP contribution >= 0.6 is 0 Å². The molecule has 5 N–H and O–H groups in total. The lowest BCUT2D eigenvalue weighted by atomic mass is 10.1. The minimum atomic E-state index is 0.435. The fraction of sp³-hybridized carbons (Fsp3) is 0.0769. The van der Waals surface area contributed by atoms with Gasteiger partial charge in [0, 0.05) is 17.3 Å². The molecule has 0 atom stereocenters. The molecule has 0 unspecified atom stereocenters. The van der Waals surface area contributed by atoms with Gasteiger partial charge in [-0.05, 0) is 30.7 Å². The molecular formula is C13H15N5. The molecular weight excluding hydrogens is 226 g/mol. The topological polar surface area (TPSA) is 89.3 Å². The van der Waals surface area contributed by atoms with Crippen LogP contribution in [0.25, 0.3) is 11.3 Å². The van der Waals surface area contributed by atoms with E-state index in [1.807, 2.05) is 43.3 Å². The summed E-state index contributed by atoms with van der Waals surface area (Å²) in [6.45, 7) is 2.03. The van der Waals surface area contributed by atoms with Crippen molar-refractivity contribution in [3.63, 3.8) is 0 Å². The number of hydrazine groups is 1. The summed E-state index contributed by atoms with van der Waals surface area (Å²) in [5.41, 5.74) is 6.35. The van der Waals surface area contributed by atoms with E-state index in [2.05, 4.69) is 15.5 Å². The Morgan fingerprint density at radius 3 is 2.78 bits per heavy atom. The van der Waals surface area contributed by atoms with Crippen LogP contribution in [0, 0.1) is 6.92 Å². The quantitative estimate of drug-likeness (QED) is 0.318. The number of nitrogens with zero attached hydrogens (tertiary/aromatic N) is 2. The van der Waals surface area contributed by atoms with Gasteiger partial charge in [0.05, 0.1) is 5.69 Å². The van der Waals surface area contributed by atoms with Crippen molar-refractivity contribution in [2.24, 2.45) is 16.8 Å². The van der Waals surface area contributed by atoms with E-state index in [4.69, 9.17) is 11.7 Å². The molecule has 0 radical (unpaired) electrons. The second kappa shape index (κ2) is 5.29. The predicted molar refractivity (Wildman–Crippen MR) is 72.5 cm³/mol. The zero-order chi connectivity index (χ0) is 13.0. The summed E-state index contributed by atoms with van der Waals surface area (Å²) in [4.78, 5) is 4.34. The van der Waals surface area contributed by atoms with Crippen LogP contribution in [0.1, 0.15) is 11.1 Å². The van der Waals surface area contributed by atoms with Gasteiger partial charge in [-0.2, -0.15) is 5.10 Å². The molecule has 0 saturated carbocycles. The van der Waals surface area contributed by atoms with Gasteiger partial charge in [0.2, 0.25) is 0 Å². The van der Waals surface area contributed by atoms with E-state index in [-0.39, 0.29) is 0 Å². The Labute approximate surface area is 106 Å². The molecule has 92 valence electrons. The Balaban J connectivity index is 2.44. The fourth-order valence-electron chi connectivity index (χ4n) is 1.71. The molecule has 2 rings (SSSR count). The van der Waals surface area contributed by atoms with Crippen molar-refractivity contribution in [2.45, 2.75) is 6.92 Å². The third kappa shape index (κ3) is 2.46. The van der Waals surface area contributed by atoms with Gasteiger partial charge in [0.1, 0.15) is 0 Å². The molecule has 0 aliphatic heterocycles. The Hall–Kier alpha value is -2.40. The summed E-state index contributed by atoms with van der Waals surface area (Å²) in [6.07, 6.45) is 1.79. The van der Waals surface area contributed by atoms with E-state index in [1.54, 1.807) is 6.20 Å². The van der Waals surface area contributed by atoms with Gasteiger partial charge in [-0.25, -0.2) is 5.84 Å². The molecule has 18 heavy (non-hydrogen) atoms. The van der Waals surface area contributed by atoms with Crippen LogP contribution in [0.2, 0.25) is 0 Å². The summed E-state index contributed by atoms with van der Waals surface area (Å²) >= 11 is 0. The number of amidine groups is 1. The first-order valence-corrected chi connectivity index (χ1v) is 5.52. The van der Waals surface area contributed by atoms with Gasteiger partial charge >= 0.3 is 0 Å². The molecule has 1 aromatic carbocycles. The number of hydrazone groups is 1. The van der Waals surface area contributed by atoms with Crippen molar-refractivity contribution < 1.29 is 0 Å². The lowest BCUT2D eigenvalue weighted by Crippen LogP contribution is -2.32. The van der Waals surface area contributed by atoms with E-state index in [0.29, 0.717) is 5.84 Å². The van der Waals surface area contributed by atoms with Crippen LogP contribution in [0.15, 0.2) is 47.7 Å². The van der Waals surface area contributed by atoms with Gasteiger partial charge in [-0.1, -0.05) is 18.2 Å². The number of aromatic nitrogens is 1. The summed E-state index contributed by atoms with van der Waals surface area (Å²) < 4.78 is 0. The zero-order valence-electron chi connectivity index (χ0n) is 10.1. The summed E-state index contributed by atoms with van der Waals surface area (Å²) in [5.74, 6) is 11.0. The molecule has 5 heteroatoms. The lowest BCUT2D eigenvalue weighted by molar-refractivity contribution is 1.00. The van der Waals surface area contributed by atoms with Crippen LogP contribution in [-0.2, 0) is 0 Å². The standard InChI is InChI=1S/C13H15N5/c1-9-5-6-16-12(7-9)10-3-2-4-11(8-10)13(17-14)18-15/h2-8H,14-15H2,1H3,(H,17,18). The van der Waals surface area contributed by atoms with E-state index in [1.165, 1.54) is 0 Å². The summed E-state index contributed by atoms with van der Waals surface area (Å²) in [6, 6.07) is 11.7. The van der Waals surface area contributed by atoms with E-state index in [0.717, 1.165) is 22.4 Å². The van der Waals surface area contributed by atoms with E-state index >= 15 is 0 Å². The smallest absolute Gasteiger partial charge is 0.166 e. The highest BCUT2D eigenvalue weighted by atomic mass is 15.3. The summed E-state index contributed by atoms with van der Waals surface area (Å²) in [5, 5.41) is 3.59. The molecule has 0 bridgehead atoms. The number of rotatable bonds is 2. The van der Waals surface area contributed by atoms with Gasteiger partial charge in [-0.15, -0.1) is 0 Å². The van der Waals surface area contributed by atoms with Crippen molar-refractivity contribution in [2.75, 3.05) is 0 Å². The molecule has 0 fully saturated rings. The number of hydrogen-bond donors (Lipinski definition) is 3. The second-order valence-electron chi connectivity index (χ2n) is 3.92. The van der Waals surface area contributed by atoms with Gasteiger partial charge in [0.15, 0.2) is 5.84 Å². The highest BCUT2D eigenvalue weighted by molar-refractivity contribution is 5.99. The molecule has 1 aromatic heterocycles. The van der Waals surface area contributed by atoms with Gasteiger partial charge in [0.25, 0.3) is 0 Å². The molecule has 0 aliphatic carbocycles. The second-order valence-corrected chi connectivity index (χ2v) is 3.92. The van der Waals surface area contributed by atoms with Crippen LogP contribution in [0.5, 0.6) is 0 Å². The first kappa shape index (κ1) is 12.1. The average molecular weight is 241 g/mol. The van der Waals surface area contributed by atoms with Crippen LogP contribution < -0.4 is 17.1 Å². The van der Waals surface area contributed by atoms with Crippen molar-refractivity contribution in [3.05, 3.63) is 53.7 Å². The van der Waals surface area contributed by atoms with Gasteiger partial charge in [-0.3, -0.25) is 4.98 Å². The Bertz CT molecular complexity index is 577. The van der Waals surface area contributed by atoms with Crippen LogP contribution in [-0.4, -0.2) is 10.8 Å². The van der Waals surface area contributed by atoms with Crippen molar-refractivity contribution in [3.8, 4) is 11.3 Å². The van der Waals surface area contributed by atoms with Crippen LogP contribution in [0.4, 0.5) is 0 Å². The largest absolute Gasteiger partial charge is 0.321 e. The first-order valence-electron chi connectivity index (χ1n) is 5.52. The molecule has 0 saturated heterocycles. The third-order valence-corrected chi connectivity index (χ3v) is 2.61. The maximum absolute atomic E-state index is 5.35. The maximum Gasteiger partial charge on any atom is 0.166 e.